The minimum atomic E-state index is -0.457. The first-order valence-corrected chi connectivity index (χ1v) is 3.49. The number of nitrogen functional groups attached to an aromatic ring is 1. The van der Waals surface area contributed by atoms with Crippen molar-refractivity contribution >= 4 is 22.0 Å². The summed E-state index contributed by atoms with van der Waals surface area (Å²) in [6.45, 7) is 1.67. The maximum absolute atomic E-state index is 10.2. The number of aryl methyl sites for hydroxylation is 1. The van der Waals surface area contributed by atoms with E-state index in [2.05, 4.69) is 0 Å². The fourth-order valence-corrected chi connectivity index (χ4v) is 1.45. The van der Waals surface area contributed by atoms with Crippen LogP contribution >= 0.6 is 11.3 Å². The summed E-state index contributed by atoms with van der Waals surface area (Å²) in [5.74, 6) is 0. The van der Waals surface area contributed by atoms with Crippen LogP contribution in [0, 0.1) is 17.0 Å². The molecule has 1 aromatic rings. The molecule has 0 saturated carbocycles. The summed E-state index contributed by atoms with van der Waals surface area (Å²) >= 11 is 1.20. The van der Waals surface area contributed by atoms with E-state index in [1.165, 1.54) is 11.3 Å². The van der Waals surface area contributed by atoms with Gasteiger partial charge in [-0.2, -0.15) is 0 Å². The Balaban J connectivity index is 3.23. The van der Waals surface area contributed by atoms with Crippen LogP contribution in [0.25, 0.3) is 0 Å². The molecule has 2 N–H and O–H groups in total. The zero-order chi connectivity index (χ0) is 7.72. The van der Waals surface area contributed by atoms with Crippen LogP contribution in [0.5, 0.6) is 0 Å². The Bertz CT molecular complexity index is 249. The minimum absolute atomic E-state index is 0.0463. The Kier molecular flexibility index (Phi) is 1.58. The minimum Gasteiger partial charge on any atom is -0.385 e. The Morgan fingerprint density at radius 3 is 2.60 bits per heavy atom. The van der Waals surface area contributed by atoms with Crippen LogP contribution < -0.4 is 5.73 Å². The van der Waals surface area contributed by atoms with Gasteiger partial charge in [-0.3, -0.25) is 10.1 Å². The van der Waals surface area contributed by atoms with Gasteiger partial charge in [0.1, 0.15) is 0 Å². The summed E-state index contributed by atoms with van der Waals surface area (Å²) in [5.41, 5.74) is 6.00. The number of nitrogens with zero attached hydrogens (tertiary/aromatic N) is 1. The first-order valence-electron chi connectivity index (χ1n) is 2.61. The summed E-state index contributed by atoms with van der Waals surface area (Å²) in [5, 5.41) is 12.2. The summed E-state index contributed by atoms with van der Waals surface area (Å²) in [7, 11) is 0. The van der Waals surface area contributed by atoms with Crippen LogP contribution in [0.4, 0.5) is 10.7 Å². The van der Waals surface area contributed by atoms with E-state index >= 15 is 0 Å². The van der Waals surface area contributed by atoms with E-state index in [1.54, 1.807) is 12.3 Å². The molecule has 4 nitrogen and oxygen atoms in total. The average Bonchev–Trinajstić information content (AvgIpc) is 2.11. The molecule has 0 radical (unpaired) electrons. The smallest absolute Gasteiger partial charge is 0.306 e. The quantitative estimate of drug-likeness (QED) is 0.498. The first kappa shape index (κ1) is 7.01. The predicted octanol–water partition coefficient (Wildman–Crippen LogP) is 1.55. The van der Waals surface area contributed by atoms with Crippen molar-refractivity contribution in [3.05, 3.63) is 21.1 Å². The first-order chi connectivity index (χ1) is 4.63. The number of hydrogen-bond donors (Lipinski definition) is 1. The second kappa shape index (κ2) is 2.26. The molecule has 0 atom stereocenters. The Labute approximate surface area is 61.4 Å². The third-order valence-electron chi connectivity index (χ3n) is 1.15. The molecule has 0 spiro atoms. The number of nitro groups is 1. The summed E-state index contributed by atoms with van der Waals surface area (Å²) in [4.78, 5) is 9.78. The van der Waals surface area contributed by atoms with Crippen LogP contribution in [0.1, 0.15) is 5.56 Å². The molecule has 1 heterocycles. The molecule has 0 aliphatic heterocycles. The molecule has 0 saturated heterocycles. The lowest BCUT2D eigenvalue weighted by Crippen LogP contribution is -1.91. The third-order valence-corrected chi connectivity index (χ3v) is 2.07. The second-order valence-electron chi connectivity index (χ2n) is 1.89. The lowest BCUT2D eigenvalue weighted by atomic mass is 10.3. The van der Waals surface area contributed by atoms with Gasteiger partial charge in [0.2, 0.25) is 0 Å². The van der Waals surface area contributed by atoms with E-state index in [0.717, 1.165) is 0 Å². The normalized spacial score (nSPS) is 9.70. The second-order valence-corrected chi connectivity index (χ2v) is 2.80. The molecule has 5 heteroatoms. The summed E-state index contributed by atoms with van der Waals surface area (Å²) in [6.07, 6.45) is 0. The molecule has 1 aromatic heterocycles. The van der Waals surface area contributed by atoms with E-state index in [4.69, 9.17) is 5.73 Å². The average molecular weight is 158 g/mol. The van der Waals surface area contributed by atoms with Crippen molar-refractivity contribution in [1.82, 2.24) is 0 Å². The maximum atomic E-state index is 10.2. The van der Waals surface area contributed by atoms with Gasteiger partial charge in [0.05, 0.1) is 4.92 Å². The van der Waals surface area contributed by atoms with Gasteiger partial charge in [0, 0.05) is 10.9 Å². The molecule has 0 aliphatic rings. The van der Waals surface area contributed by atoms with Crippen LogP contribution in [-0.4, -0.2) is 4.92 Å². The number of nitrogens with two attached hydrogens (primary N) is 1. The van der Waals surface area contributed by atoms with Gasteiger partial charge < -0.3 is 5.73 Å². The van der Waals surface area contributed by atoms with E-state index in [1.807, 2.05) is 0 Å². The maximum Gasteiger partial charge on any atom is 0.306 e. The molecule has 54 valence electrons. The highest BCUT2D eigenvalue weighted by atomic mass is 32.1. The van der Waals surface area contributed by atoms with Gasteiger partial charge in [-0.05, 0) is 6.92 Å². The van der Waals surface area contributed by atoms with Crippen molar-refractivity contribution in [3.63, 3.8) is 0 Å². The van der Waals surface area contributed by atoms with Gasteiger partial charge in [0.25, 0.3) is 0 Å². The highest BCUT2D eigenvalue weighted by Gasteiger charge is 2.16. The lowest BCUT2D eigenvalue weighted by Gasteiger charge is -1.87. The van der Waals surface area contributed by atoms with Crippen molar-refractivity contribution in [2.24, 2.45) is 0 Å². The number of rotatable bonds is 1. The van der Waals surface area contributed by atoms with Crippen molar-refractivity contribution in [3.8, 4) is 0 Å². The molecule has 0 unspecified atom stereocenters. The monoisotopic (exact) mass is 158 g/mol. The molecular weight excluding hydrogens is 152 g/mol. The highest BCUT2D eigenvalue weighted by Crippen LogP contribution is 2.31. The van der Waals surface area contributed by atoms with Gasteiger partial charge >= 0.3 is 5.69 Å². The van der Waals surface area contributed by atoms with Crippen LogP contribution in [0.2, 0.25) is 0 Å². The molecule has 1 rings (SSSR count). The zero-order valence-corrected chi connectivity index (χ0v) is 6.14. The molecule has 10 heavy (non-hydrogen) atoms. The summed E-state index contributed by atoms with van der Waals surface area (Å²) < 4.78 is 0. The summed E-state index contributed by atoms with van der Waals surface area (Å²) in [6, 6.07) is 0. The van der Waals surface area contributed by atoms with Crippen LogP contribution in [0.15, 0.2) is 5.38 Å². The van der Waals surface area contributed by atoms with Crippen LogP contribution in [-0.2, 0) is 0 Å². The third kappa shape index (κ3) is 0.950. The molecule has 0 aliphatic carbocycles. The van der Waals surface area contributed by atoms with Crippen molar-refractivity contribution < 1.29 is 4.92 Å². The Morgan fingerprint density at radius 2 is 2.40 bits per heavy atom. The van der Waals surface area contributed by atoms with Crippen molar-refractivity contribution in [1.29, 1.82) is 0 Å². The molecule has 0 bridgehead atoms. The number of anilines is 1. The lowest BCUT2D eigenvalue weighted by molar-refractivity contribution is -0.384. The van der Waals surface area contributed by atoms with E-state index < -0.39 is 4.92 Å². The highest BCUT2D eigenvalue weighted by molar-refractivity contribution is 7.14. The van der Waals surface area contributed by atoms with Gasteiger partial charge in [-0.25, -0.2) is 0 Å². The topological polar surface area (TPSA) is 69.2 Å². The molecule has 0 fully saturated rings. The number of hydrogen-bond acceptors (Lipinski definition) is 4. The predicted molar refractivity (Wildman–Crippen MR) is 40.1 cm³/mol. The number of thiophene rings is 1. The Morgan fingerprint density at radius 1 is 1.80 bits per heavy atom. The van der Waals surface area contributed by atoms with Crippen LogP contribution in [0.3, 0.4) is 0 Å². The largest absolute Gasteiger partial charge is 0.385 e. The molecule has 0 aromatic carbocycles. The van der Waals surface area contributed by atoms with Gasteiger partial charge in [-0.1, -0.05) is 0 Å². The standard InChI is InChI=1S/C5H6N2O2S/c1-3-2-10-5(6)4(3)7(8)9/h2H,6H2,1H3. The van der Waals surface area contributed by atoms with E-state index in [-0.39, 0.29) is 10.7 Å². The van der Waals surface area contributed by atoms with Gasteiger partial charge in [0.15, 0.2) is 5.00 Å². The van der Waals surface area contributed by atoms with E-state index in [9.17, 15) is 10.1 Å². The SMILES string of the molecule is Cc1csc(N)c1[N+](=O)[O-]. The fraction of sp³-hybridized carbons (Fsp3) is 0.200. The molecular formula is C5H6N2O2S. The van der Waals surface area contributed by atoms with Crippen molar-refractivity contribution in [2.75, 3.05) is 5.73 Å². The Hall–Kier alpha value is -1.10. The zero-order valence-electron chi connectivity index (χ0n) is 5.33. The molecule has 0 amide bonds. The van der Waals surface area contributed by atoms with Crippen molar-refractivity contribution in [2.45, 2.75) is 6.92 Å². The van der Waals surface area contributed by atoms with Gasteiger partial charge in [-0.15, -0.1) is 11.3 Å². The van der Waals surface area contributed by atoms with E-state index in [0.29, 0.717) is 5.56 Å². The fourth-order valence-electron chi connectivity index (χ4n) is 0.692.